The van der Waals surface area contributed by atoms with Gasteiger partial charge in [-0.05, 0) is 32.4 Å². The van der Waals surface area contributed by atoms with Crippen LogP contribution in [0.1, 0.15) is 26.2 Å². The van der Waals surface area contributed by atoms with Crippen LogP contribution in [0.2, 0.25) is 0 Å². The second-order valence-corrected chi connectivity index (χ2v) is 4.32. The maximum atomic E-state index is 5.41. The molecule has 2 saturated heterocycles. The van der Waals surface area contributed by atoms with E-state index >= 15 is 0 Å². The molecule has 2 heterocycles. The van der Waals surface area contributed by atoms with Gasteiger partial charge in [-0.3, -0.25) is 4.90 Å². The van der Waals surface area contributed by atoms with Crippen LogP contribution >= 0.6 is 0 Å². The van der Waals surface area contributed by atoms with E-state index in [1.165, 1.54) is 38.9 Å². The highest BCUT2D eigenvalue weighted by atomic mass is 16.5. The number of likely N-dealkylation sites (N-methyl/N-ethyl adjacent to an activating group) is 1. The molecule has 0 bridgehead atoms. The Morgan fingerprint density at radius 2 is 2.00 bits per heavy atom. The number of hydrogen-bond donors (Lipinski definition) is 1. The molecule has 0 aromatic heterocycles. The van der Waals surface area contributed by atoms with Crippen molar-refractivity contribution in [2.45, 2.75) is 38.3 Å². The van der Waals surface area contributed by atoms with Gasteiger partial charge in [-0.15, -0.1) is 0 Å². The SMILES string of the molecule is CCN(C1CCOCC1)C1CCNC1. The monoisotopic (exact) mass is 198 g/mol. The third-order valence-corrected chi connectivity index (χ3v) is 3.53. The number of nitrogens with one attached hydrogen (secondary N) is 1. The van der Waals surface area contributed by atoms with E-state index in [2.05, 4.69) is 17.1 Å². The second-order valence-electron chi connectivity index (χ2n) is 4.32. The lowest BCUT2D eigenvalue weighted by atomic mass is 10.0. The summed E-state index contributed by atoms with van der Waals surface area (Å²) >= 11 is 0. The van der Waals surface area contributed by atoms with E-state index < -0.39 is 0 Å². The van der Waals surface area contributed by atoms with Crippen LogP contribution in [-0.2, 0) is 4.74 Å². The Morgan fingerprint density at radius 1 is 1.21 bits per heavy atom. The molecule has 2 aliphatic heterocycles. The fourth-order valence-corrected chi connectivity index (χ4v) is 2.75. The molecule has 0 aliphatic carbocycles. The fourth-order valence-electron chi connectivity index (χ4n) is 2.75. The van der Waals surface area contributed by atoms with Crippen LogP contribution in [-0.4, -0.2) is 49.8 Å². The van der Waals surface area contributed by atoms with Crippen molar-refractivity contribution in [1.29, 1.82) is 0 Å². The molecule has 1 atom stereocenters. The van der Waals surface area contributed by atoms with Gasteiger partial charge in [0.05, 0.1) is 0 Å². The van der Waals surface area contributed by atoms with Crippen molar-refractivity contribution >= 4 is 0 Å². The van der Waals surface area contributed by atoms with E-state index in [4.69, 9.17) is 4.74 Å². The van der Waals surface area contributed by atoms with Crippen LogP contribution in [0.5, 0.6) is 0 Å². The third-order valence-electron chi connectivity index (χ3n) is 3.53. The first-order valence-electron chi connectivity index (χ1n) is 5.96. The van der Waals surface area contributed by atoms with Crippen LogP contribution in [0.15, 0.2) is 0 Å². The molecule has 0 spiro atoms. The van der Waals surface area contributed by atoms with E-state index in [0.717, 1.165) is 25.3 Å². The Hall–Kier alpha value is -0.120. The second kappa shape index (κ2) is 5.10. The first-order valence-corrected chi connectivity index (χ1v) is 5.96. The van der Waals surface area contributed by atoms with E-state index in [-0.39, 0.29) is 0 Å². The molecule has 2 rings (SSSR count). The zero-order chi connectivity index (χ0) is 9.80. The van der Waals surface area contributed by atoms with E-state index in [0.29, 0.717) is 0 Å². The first kappa shape index (κ1) is 10.4. The molecule has 0 radical (unpaired) electrons. The van der Waals surface area contributed by atoms with Gasteiger partial charge < -0.3 is 10.1 Å². The third kappa shape index (κ3) is 2.27. The molecule has 2 aliphatic rings. The van der Waals surface area contributed by atoms with Gasteiger partial charge in [0.25, 0.3) is 0 Å². The minimum absolute atomic E-state index is 0.777. The molecular weight excluding hydrogens is 176 g/mol. The Balaban J connectivity index is 1.89. The molecule has 0 aromatic rings. The normalized spacial score (nSPS) is 30.0. The number of hydrogen-bond acceptors (Lipinski definition) is 3. The highest BCUT2D eigenvalue weighted by molar-refractivity contribution is 4.85. The van der Waals surface area contributed by atoms with Crippen LogP contribution < -0.4 is 5.32 Å². The summed E-state index contributed by atoms with van der Waals surface area (Å²) in [6.45, 7) is 7.78. The summed E-state index contributed by atoms with van der Waals surface area (Å²) in [5.41, 5.74) is 0. The van der Waals surface area contributed by atoms with Gasteiger partial charge in [0, 0.05) is 31.8 Å². The summed E-state index contributed by atoms with van der Waals surface area (Å²) in [5, 5.41) is 3.45. The van der Waals surface area contributed by atoms with Crippen molar-refractivity contribution in [2.75, 3.05) is 32.8 Å². The van der Waals surface area contributed by atoms with Crippen molar-refractivity contribution < 1.29 is 4.74 Å². The molecular formula is C11H22N2O. The Bertz CT molecular complexity index is 163. The largest absolute Gasteiger partial charge is 0.381 e. The predicted molar refractivity (Wildman–Crippen MR) is 57.5 cm³/mol. The van der Waals surface area contributed by atoms with Crippen molar-refractivity contribution in [3.05, 3.63) is 0 Å². The van der Waals surface area contributed by atoms with E-state index in [1.54, 1.807) is 0 Å². The van der Waals surface area contributed by atoms with Gasteiger partial charge in [-0.25, -0.2) is 0 Å². The molecule has 3 heteroatoms. The Labute approximate surface area is 86.8 Å². The minimum Gasteiger partial charge on any atom is -0.381 e. The van der Waals surface area contributed by atoms with Gasteiger partial charge in [-0.1, -0.05) is 6.92 Å². The Kier molecular flexibility index (Phi) is 3.79. The van der Waals surface area contributed by atoms with Crippen molar-refractivity contribution in [1.82, 2.24) is 10.2 Å². The number of rotatable bonds is 3. The predicted octanol–water partition coefficient (Wildman–Crippen LogP) is 0.849. The van der Waals surface area contributed by atoms with Crippen LogP contribution in [0.3, 0.4) is 0 Å². The van der Waals surface area contributed by atoms with Gasteiger partial charge in [0.1, 0.15) is 0 Å². The topological polar surface area (TPSA) is 24.5 Å². The number of ether oxygens (including phenoxy) is 1. The zero-order valence-corrected chi connectivity index (χ0v) is 9.17. The Morgan fingerprint density at radius 3 is 2.57 bits per heavy atom. The lowest BCUT2D eigenvalue weighted by molar-refractivity contribution is 0.0222. The highest BCUT2D eigenvalue weighted by Gasteiger charge is 2.28. The van der Waals surface area contributed by atoms with Crippen molar-refractivity contribution in [3.63, 3.8) is 0 Å². The average molecular weight is 198 g/mol. The summed E-state index contributed by atoms with van der Waals surface area (Å²) in [5.74, 6) is 0. The van der Waals surface area contributed by atoms with Crippen molar-refractivity contribution in [3.8, 4) is 0 Å². The highest BCUT2D eigenvalue weighted by Crippen LogP contribution is 2.19. The van der Waals surface area contributed by atoms with Gasteiger partial charge in [0.15, 0.2) is 0 Å². The molecule has 1 N–H and O–H groups in total. The summed E-state index contributed by atoms with van der Waals surface area (Å²) in [7, 11) is 0. The van der Waals surface area contributed by atoms with Crippen LogP contribution in [0.25, 0.3) is 0 Å². The maximum Gasteiger partial charge on any atom is 0.0480 e. The summed E-state index contributed by atoms with van der Waals surface area (Å²) in [6, 6.07) is 1.56. The minimum atomic E-state index is 0.777. The maximum absolute atomic E-state index is 5.41. The lowest BCUT2D eigenvalue weighted by Crippen LogP contribution is -2.46. The van der Waals surface area contributed by atoms with Gasteiger partial charge in [0.2, 0.25) is 0 Å². The van der Waals surface area contributed by atoms with Crippen LogP contribution in [0, 0.1) is 0 Å². The quantitative estimate of drug-likeness (QED) is 0.727. The van der Waals surface area contributed by atoms with E-state index in [1.807, 2.05) is 0 Å². The fraction of sp³-hybridized carbons (Fsp3) is 1.00. The molecule has 2 fully saturated rings. The van der Waals surface area contributed by atoms with E-state index in [9.17, 15) is 0 Å². The summed E-state index contributed by atoms with van der Waals surface area (Å²) < 4.78 is 5.41. The molecule has 14 heavy (non-hydrogen) atoms. The van der Waals surface area contributed by atoms with Crippen molar-refractivity contribution in [2.24, 2.45) is 0 Å². The molecule has 1 unspecified atom stereocenters. The molecule has 0 amide bonds. The lowest BCUT2D eigenvalue weighted by Gasteiger charge is -2.37. The van der Waals surface area contributed by atoms with Gasteiger partial charge >= 0.3 is 0 Å². The summed E-state index contributed by atoms with van der Waals surface area (Å²) in [6.07, 6.45) is 3.78. The molecule has 0 aromatic carbocycles. The molecule has 82 valence electrons. The zero-order valence-electron chi connectivity index (χ0n) is 9.17. The summed E-state index contributed by atoms with van der Waals surface area (Å²) in [4.78, 5) is 2.68. The molecule has 3 nitrogen and oxygen atoms in total. The average Bonchev–Trinajstić information content (AvgIpc) is 2.74. The number of nitrogens with zero attached hydrogens (tertiary/aromatic N) is 1. The molecule has 0 saturated carbocycles. The first-order chi connectivity index (χ1) is 6.92. The van der Waals surface area contributed by atoms with Crippen LogP contribution in [0.4, 0.5) is 0 Å². The van der Waals surface area contributed by atoms with Gasteiger partial charge in [-0.2, -0.15) is 0 Å². The smallest absolute Gasteiger partial charge is 0.0480 e. The standard InChI is InChI=1S/C11H22N2O/c1-2-13(11-3-6-12-9-11)10-4-7-14-8-5-10/h10-12H,2-9H2,1H3.